The average molecular weight is 384 g/mol. The molecule has 2 rings (SSSR count). The Labute approximate surface area is 172 Å². The minimum absolute atomic E-state index is 0.795. The van der Waals surface area contributed by atoms with Gasteiger partial charge in [-0.3, -0.25) is 0 Å². The van der Waals surface area contributed by atoms with Crippen LogP contribution in [0.4, 0.5) is 0 Å². The van der Waals surface area contributed by atoms with E-state index in [9.17, 15) is 0 Å². The molecule has 1 radical (unpaired) electrons. The fraction of sp³-hybridized carbons (Fsp3) is 0.500. The average Bonchev–Trinajstić information content (AvgIpc) is 2.70. The third-order valence-electron chi connectivity index (χ3n) is 5.29. The summed E-state index contributed by atoms with van der Waals surface area (Å²) in [5.41, 5.74) is 4.08. The number of aryl methyl sites for hydroxylation is 1. The summed E-state index contributed by atoms with van der Waals surface area (Å²) in [5, 5.41) is 0.795. The molecule has 0 spiro atoms. The molecular formula is C26H36Cl. The van der Waals surface area contributed by atoms with Crippen molar-refractivity contribution in [2.75, 3.05) is 0 Å². The molecule has 1 heteroatoms. The topological polar surface area (TPSA) is 0 Å². The van der Waals surface area contributed by atoms with Crippen molar-refractivity contribution in [3.63, 3.8) is 0 Å². The quantitative estimate of drug-likeness (QED) is 0.286. The smallest absolute Gasteiger partial charge is 0.0406 e. The van der Waals surface area contributed by atoms with Crippen molar-refractivity contribution in [1.82, 2.24) is 0 Å². The molecule has 0 amide bonds. The summed E-state index contributed by atoms with van der Waals surface area (Å²) in [5.74, 6) is 0. The van der Waals surface area contributed by atoms with Crippen LogP contribution in [-0.4, -0.2) is 0 Å². The number of benzene rings is 2. The van der Waals surface area contributed by atoms with Crippen LogP contribution in [-0.2, 0) is 12.8 Å². The Morgan fingerprint density at radius 2 is 1.15 bits per heavy atom. The highest BCUT2D eigenvalue weighted by atomic mass is 35.5. The van der Waals surface area contributed by atoms with Gasteiger partial charge in [-0.2, -0.15) is 0 Å². The number of hydrogen-bond donors (Lipinski definition) is 0. The van der Waals surface area contributed by atoms with E-state index in [-0.39, 0.29) is 0 Å². The Morgan fingerprint density at radius 3 is 1.74 bits per heavy atom. The summed E-state index contributed by atoms with van der Waals surface area (Å²) in [6.07, 6.45) is 18.5. The van der Waals surface area contributed by atoms with Crippen LogP contribution in [0.3, 0.4) is 0 Å². The number of hydrogen-bond acceptors (Lipinski definition) is 0. The normalized spacial score (nSPS) is 11.0. The molecule has 2 aromatic carbocycles. The van der Waals surface area contributed by atoms with Crippen molar-refractivity contribution >= 4 is 11.6 Å². The van der Waals surface area contributed by atoms with Crippen LogP contribution in [0.5, 0.6) is 0 Å². The molecule has 0 N–H and O–H groups in total. The molecule has 0 unspecified atom stereocenters. The van der Waals surface area contributed by atoms with E-state index in [1.165, 1.54) is 87.3 Å². The number of halogens is 1. The Morgan fingerprint density at radius 1 is 0.630 bits per heavy atom. The van der Waals surface area contributed by atoms with Gasteiger partial charge in [-0.05, 0) is 54.5 Å². The Hall–Kier alpha value is -1.27. The first-order valence-electron chi connectivity index (χ1n) is 10.9. The highest BCUT2D eigenvalue weighted by Crippen LogP contribution is 2.16. The van der Waals surface area contributed by atoms with Crippen LogP contribution < -0.4 is 0 Å². The van der Waals surface area contributed by atoms with E-state index in [1.807, 2.05) is 12.1 Å². The second kappa shape index (κ2) is 13.8. The molecule has 0 nitrogen and oxygen atoms in total. The molecule has 27 heavy (non-hydrogen) atoms. The zero-order valence-corrected chi connectivity index (χ0v) is 17.8. The van der Waals surface area contributed by atoms with Gasteiger partial charge in [0.1, 0.15) is 0 Å². The second-order valence-electron chi connectivity index (χ2n) is 7.71. The van der Waals surface area contributed by atoms with Gasteiger partial charge in [-0.15, -0.1) is 0 Å². The highest BCUT2D eigenvalue weighted by molar-refractivity contribution is 6.30. The summed E-state index contributed by atoms with van der Waals surface area (Å²) in [4.78, 5) is 0. The minimum atomic E-state index is 0.795. The summed E-state index contributed by atoms with van der Waals surface area (Å²) in [7, 11) is 0. The maximum atomic E-state index is 5.93. The first kappa shape index (κ1) is 22.0. The van der Waals surface area contributed by atoms with Crippen LogP contribution in [0.15, 0.2) is 48.5 Å². The molecule has 0 heterocycles. The van der Waals surface area contributed by atoms with Gasteiger partial charge >= 0.3 is 0 Å². The summed E-state index contributed by atoms with van der Waals surface area (Å²) >= 11 is 5.93. The van der Waals surface area contributed by atoms with E-state index >= 15 is 0 Å². The van der Waals surface area contributed by atoms with Gasteiger partial charge in [0.25, 0.3) is 0 Å². The van der Waals surface area contributed by atoms with Crippen molar-refractivity contribution in [3.8, 4) is 0 Å². The van der Waals surface area contributed by atoms with Crippen LogP contribution in [0.2, 0.25) is 5.02 Å². The molecule has 0 saturated heterocycles. The van der Waals surface area contributed by atoms with Crippen molar-refractivity contribution in [2.24, 2.45) is 0 Å². The molecule has 0 saturated carbocycles. The number of rotatable bonds is 14. The predicted octanol–water partition coefficient (Wildman–Crippen LogP) is 8.60. The zero-order valence-electron chi connectivity index (χ0n) is 17.1. The molecular weight excluding hydrogens is 348 g/mol. The lowest BCUT2D eigenvalue weighted by Gasteiger charge is -2.06. The third kappa shape index (κ3) is 10.0. The minimum Gasteiger partial charge on any atom is -0.0843 e. The van der Waals surface area contributed by atoms with Crippen LogP contribution >= 0.6 is 11.6 Å². The molecule has 0 aliphatic rings. The molecule has 2 aromatic rings. The van der Waals surface area contributed by atoms with Crippen molar-refractivity contribution in [3.05, 3.63) is 76.7 Å². The molecule has 0 fully saturated rings. The Kier molecular flexibility index (Phi) is 11.3. The zero-order chi connectivity index (χ0) is 19.2. The monoisotopic (exact) mass is 383 g/mol. The van der Waals surface area contributed by atoms with E-state index in [2.05, 4.69) is 49.7 Å². The van der Waals surface area contributed by atoms with Crippen molar-refractivity contribution in [1.29, 1.82) is 0 Å². The van der Waals surface area contributed by atoms with E-state index in [4.69, 9.17) is 11.6 Å². The largest absolute Gasteiger partial charge is 0.0843 e. The summed E-state index contributed by atoms with van der Waals surface area (Å²) in [6.45, 7) is 2.29. The van der Waals surface area contributed by atoms with E-state index in [0.29, 0.717) is 0 Å². The molecule has 147 valence electrons. The van der Waals surface area contributed by atoms with E-state index in [1.54, 1.807) is 0 Å². The maximum Gasteiger partial charge on any atom is 0.0406 e. The molecule has 0 aliphatic heterocycles. The van der Waals surface area contributed by atoms with Crippen LogP contribution in [0.1, 0.15) is 87.8 Å². The third-order valence-corrected chi connectivity index (χ3v) is 5.54. The van der Waals surface area contributed by atoms with Crippen LogP contribution in [0.25, 0.3) is 0 Å². The van der Waals surface area contributed by atoms with E-state index in [0.717, 1.165) is 11.4 Å². The van der Waals surface area contributed by atoms with E-state index < -0.39 is 0 Å². The Balaban J connectivity index is 1.53. The van der Waals surface area contributed by atoms with Crippen molar-refractivity contribution in [2.45, 2.75) is 84.0 Å². The van der Waals surface area contributed by atoms with Gasteiger partial charge in [0, 0.05) is 5.02 Å². The molecule has 0 aliphatic carbocycles. The standard InChI is InChI=1S/C26H36Cl/c1-2-3-4-5-6-7-8-9-10-11-12-23-13-15-24(16-14-23)17-18-25-19-21-26(27)22-20-25/h13-16,18-22H,2-12,17H2,1H3. The van der Waals surface area contributed by atoms with Crippen LogP contribution in [0, 0.1) is 6.42 Å². The maximum absolute atomic E-state index is 5.93. The number of unbranched alkanes of at least 4 members (excludes halogenated alkanes) is 9. The fourth-order valence-corrected chi connectivity index (χ4v) is 3.62. The van der Waals surface area contributed by atoms with Gasteiger partial charge in [0.2, 0.25) is 0 Å². The lowest BCUT2D eigenvalue weighted by atomic mass is 10.0. The van der Waals surface area contributed by atoms with Crippen molar-refractivity contribution < 1.29 is 0 Å². The summed E-state index contributed by atoms with van der Waals surface area (Å²) in [6, 6.07) is 17.2. The van der Waals surface area contributed by atoms with Gasteiger partial charge < -0.3 is 0 Å². The SMILES string of the molecule is CCCCCCCCCCCCc1ccc(C[CH]c2ccc(Cl)cc2)cc1. The molecule has 0 aromatic heterocycles. The molecule has 0 bridgehead atoms. The highest BCUT2D eigenvalue weighted by Gasteiger charge is 1.99. The fourth-order valence-electron chi connectivity index (χ4n) is 3.49. The van der Waals surface area contributed by atoms with Gasteiger partial charge in [0.15, 0.2) is 0 Å². The molecule has 0 atom stereocenters. The Bertz CT molecular complexity index is 597. The first-order chi connectivity index (χ1) is 13.3. The lowest BCUT2D eigenvalue weighted by Crippen LogP contribution is -1.91. The lowest BCUT2D eigenvalue weighted by molar-refractivity contribution is 0.556. The summed E-state index contributed by atoms with van der Waals surface area (Å²) < 4.78 is 0. The van der Waals surface area contributed by atoms with Gasteiger partial charge in [-0.1, -0.05) is 113 Å². The first-order valence-corrected chi connectivity index (χ1v) is 11.3. The second-order valence-corrected chi connectivity index (χ2v) is 8.14. The van der Waals surface area contributed by atoms with Gasteiger partial charge in [0.05, 0.1) is 0 Å². The van der Waals surface area contributed by atoms with Gasteiger partial charge in [-0.25, -0.2) is 0 Å². The predicted molar refractivity (Wildman–Crippen MR) is 121 cm³/mol.